The number of carbonyl (C=O) groups excluding carboxylic acids is 1. The highest BCUT2D eigenvalue weighted by Crippen LogP contribution is 2.03. The molecule has 0 aliphatic rings. The Bertz CT molecular complexity index is 497. The number of nitrogens with one attached hydrogen (secondary N) is 2. The van der Waals surface area contributed by atoms with E-state index in [4.69, 9.17) is 0 Å². The van der Waals surface area contributed by atoms with E-state index in [2.05, 4.69) is 10.0 Å². The van der Waals surface area contributed by atoms with Gasteiger partial charge in [-0.05, 0) is 19.1 Å². The predicted molar refractivity (Wildman–Crippen MR) is 66.4 cm³/mol. The molecule has 1 aromatic carbocycles. The molecule has 17 heavy (non-hydrogen) atoms. The zero-order valence-electron chi connectivity index (χ0n) is 9.86. The van der Waals surface area contributed by atoms with E-state index in [1.807, 2.05) is 13.0 Å². The van der Waals surface area contributed by atoms with Crippen LogP contribution in [0.4, 0.5) is 0 Å². The standard InChI is InChI=1S/C11H16N2O3S/c1-9-4-3-5-10(8-9)11(14)12-6-7-13-17(2,15)16/h3-5,8,13H,6-7H2,1-2H3,(H,12,14). The Hall–Kier alpha value is -1.40. The van der Waals surface area contributed by atoms with Crippen LogP contribution in [0, 0.1) is 6.92 Å². The zero-order chi connectivity index (χ0) is 12.9. The lowest BCUT2D eigenvalue weighted by atomic mass is 10.1. The molecule has 1 aromatic rings. The quantitative estimate of drug-likeness (QED) is 0.743. The van der Waals surface area contributed by atoms with Crippen molar-refractivity contribution in [1.82, 2.24) is 10.0 Å². The number of carbonyl (C=O) groups is 1. The maximum atomic E-state index is 11.6. The van der Waals surface area contributed by atoms with E-state index in [0.717, 1.165) is 11.8 Å². The van der Waals surface area contributed by atoms with E-state index >= 15 is 0 Å². The molecule has 0 atom stereocenters. The number of hydrogen-bond donors (Lipinski definition) is 2. The summed E-state index contributed by atoms with van der Waals surface area (Å²) < 4.78 is 23.8. The highest BCUT2D eigenvalue weighted by molar-refractivity contribution is 7.88. The highest BCUT2D eigenvalue weighted by Gasteiger charge is 2.05. The third-order valence-corrected chi connectivity index (χ3v) is 2.78. The second-order valence-corrected chi connectivity index (χ2v) is 5.62. The van der Waals surface area contributed by atoms with Crippen LogP contribution in [0.5, 0.6) is 0 Å². The Morgan fingerprint density at radius 1 is 1.29 bits per heavy atom. The largest absolute Gasteiger partial charge is 0.351 e. The number of benzene rings is 1. The topological polar surface area (TPSA) is 75.3 Å². The first kappa shape index (κ1) is 13.7. The molecule has 0 radical (unpaired) electrons. The van der Waals surface area contributed by atoms with Gasteiger partial charge in [-0.1, -0.05) is 17.7 Å². The van der Waals surface area contributed by atoms with Crippen LogP contribution in [-0.4, -0.2) is 33.7 Å². The Morgan fingerprint density at radius 2 is 2.00 bits per heavy atom. The van der Waals surface area contributed by atoms with Gasteiger partial charge in [0.2, 0.25) is 10.0 Å². The van der Waals surface area contributed by atoms with Crippen molar-refractivity contribution in [1.29, 1.82) is 0 Å². The summed E-state index contributed by atoms with van der Waals surface area (Å²) in [6.07, 6.45) is 1.08. The maximum Gasteiger partial charge on any atom is 0.251 e. The molecule has 0 aliphatic carbocycles. The molecule has 5 nitrogen and oxygen atoms in total. The smallest absolute Gasteiger partial charge is 0.251 e. The van der Waals surface area contributed by atoms with Crippen LogP contribution in [-0.2, 0) is 10.0 Å². The second kappa shape index (κ2) is 5.79. The van der Waals surface area contributed by atoms with Crippen molar-refractivity contribution in [3.63, 3.8) is 0 Å². The first-order valence-corrected chi connectivity index (χ1v) is 7.07. The van der Waals surface area contributed by atoms with Crippen LogP contribution in [0.15, 0.2) is 24.3 Å². The van der Waals surface area contributed by atoms with Gasteiger partial charge in [0, 0.05) is 18.7 Å². The van der Waals surface area contributed by atoms with Crippen molar-refractivity contribution in [3.8, 4) is 0 Å². The van der Waals surface area contributed by atoms with E-state index in [-0.39, 0.29) is 19.0 Å². The first-order valence-electron chi connectivity index (χ1n) is 5.18. The van der Waals surface area contributed by atoms with Crippen molar-refractivity contribution >= 4 is 15.9 Å². The van der Waals surface area contributed by atoms with Crippen LogP contribution in [0.25, 0.3) is 0 Å². The molecule has 0 bridgehead atoms. The molecular weight excluding hydrogens is 240 g/mol. The normalized spacial score (nSPS) is 11.2. The van der Waals surface area contributed by atoms with E-state index in [1.54, 1.807) is 18.2 Å². The fourth-order valence-electron chi connectivity index (χ4n) is 1.30. The van der Waals surface area contributed by atoms with Crippen LogP contribution in [0.2, 0.25) is 0 Å². The summed E-state index contributed by atoms with van der Waals surface area (Å²) in [5.41, 5.74) is 1.58. The average molecular weight is 256 g/mol. The predicted octanol–water partition coefficient (Wildman–Crippen LogP) is 0.274. The molecule has 0 spiro atoms. The molecule has 1 amide bonds. The average Bonchev–Trinajstić information content (AvgIpc) is 2.23. The van der Waals surface area contributed by atoms with E-state index in [1.165, 1.54) is 0 Å². The van der Waals surface area contributed by atoms with Gasteiger partial charge in [-0.15, -0.1) is 0 Å². The van der Waals surface area contributed by atoms with Crippen molar-refractivity contribution in [2.75, 3.05) is 19.3 Å². The maximum absolute atomic E-state index is 11.6. The minimum Gasteiger partial charge on any atom is -0.351 e. The molecule has 94 valence electrons. The number of rotatable bonds is 5. The third kappa shape index (κ3) is 5.46. The van der Waals surface area contributed by atoms with Gasteiger partial charge in [0.25, 0.3) is 5.91 Å². The second-order valence-electron chi connectivity index (χ2n) is 3.79. The lowest BCUT2D eigenvalue weighted by Crippen LogP contribution is -2.34. The van der Waals surface area contributed by atoms with Crippen molar-refractivity contribution in [2.24, 2.45) is 0 Å². The molecule has 0 aromatic heterocycles. The monoisotopic (exact) mass is 256 g/mol. The molecule has 0 aliphatic heterocycles. The van der Waals surface area contributed by atoms with Gasteiger partial charge in [0.15, 0.2) is 0 Å². The Morgan fingerprint density at radius 3 is 2.59 bits per heavy atom. The molecular formula is C11H16N2O3S. The Kier molecular flexibility index (Phi) is 4.65. The van der Waals surface area contributed by atoms with Crippen molar-refractivity contribution in [2.45, 2.75) is 6.92 Å². The number of sulfonamides is 1. The van der Waals surface area contributed by atoms with Gasteiger partial charge in [0.05, 0.1) is 6.26 Å². The van der Waals surface area contributed by atoms with E-state index in [9.17, 15) is 13.2 Å². The molecule has 0 unspecified atom stereocenters. The summed E-state index contributed by atoms with van der Waals surface area (Å²) in [7, 11) is -3.19. The van der Waals surface area contributed by atoms with Gasteiger partial charge in [-0.2, -0.15) is 0 Å². The minimum absolute atomic E-state index is 0.191. The molecule has 0 heterocycles. The van der Waals surface area contributed by atoms with E-state index < -0.39 is 10.0 Å². The van der Waals surface area contributed by atoms with Crippen LogP contribution < -0.4 is 10.0 Å². The molecule has 2 N–H and O–H groups in total. The van der Waals surface area contributed by atoms with Gasteiger partial charge in [0.1, 0.15) is 0 Å². The lowest BCUT2D eigenvalue weighted by Gasteiger charge is -2.06. The summed E-state index contributed by atoms with van der Waals surface area (Å²) >= 11 is 0. The molecule has 1 rings (SSSR count). The van der Waals surface area contributed by atoms with Gasteiger partial charge < -0.3 is 5.32 Å². The summed E-state index contributed by atoms with van der Waals surface area (Å²) in [5.74, 6) is -0.205. The Balaban J connectivity index is 2.41. The fourth-order valence-corrected chi connectivity index (χ4v) is 1.77. The molecule has 0 saturated heterocycles. The van der Waals surface area contributed by atoms with E-state index in [0.29, 0.717) is 5.56 Å². The van der Waals surface area contributed by atoms with Gasteiger partial charge in [-0.3, -0.25) is 4.79 Å². The first-order chi connectivity index (χ1) is 7.88. The summed E-state index contributed by atoms with van der Waals surface area (Å²) in [6, 6.07) is 7.20. The van der Waals surface area contributed by atoms with Gasteiger partial charge >= 0.3 is 0 Å². The molecule has 0 saturated carbocycles. The van der Waals surface area contributed by atoms with Crippen molar-refractivity contribution < 1.29 is 13.2 Å². The number of aryl methyl sites for hydroxylation is 1. The number of hydrogen-bond acceptors (Lipinski definition) is 3. The Labute approximate surface area is 101 Å². The van der Waals surface area contributed by atoms with Crippen LogP contribution in [0.3, 0.4) is 0 Å². The third-order valence-electron chi connectivity index (χ3n) is 2.06. The minimum atomic E-state index is -3.19. The number of amides is 1. The van der Waals surface area contributed by atoms with Crippen molar-refractivity contribution in [3.05, 3.63) is 35.4 Å². The SMILES string of the molecule is Cc1cccc(C(=O)NCCNS(C)(=O)=O)c1. The molecule has 6 heteroatoms. The fraction of sp³-hybridized carbons (Fsp3) is 0.364. The summed E-state index contributed by atoms with van der Waals surface area (Å²) in [5, 5.41) is 2.63. The van der Waals surface area contributed by atoms with Crippen LogP contribution in [0.1, 0.15) is 15.9 Å². The summed E-state index contributed by atoms with van der Waals surface area (Å²) in [4.78, 5) is 11.6. The molecule has 0 fully saturated rings. The summed E-state index contributed by atoms with van der Waals surface area (Å²) in [6.45, 7) is 2.36. The zero-order valence-corrected chi connectivity index (χ0v) is 10.7. The van der Waals surface area contributed by atoms with Crippen LogP contribution >= 0.6 is 0 Å². The van der Waals surface area contributed by atoms with Gasteiger partial charge in [-0.25, -0.2) is 13.1 Å². The lowest BCUT2D eigenvalue weighted by molar-refractivity contribution is 0.0954. The highest BCUT2D eigenvalue weighted by atomic mass is 32.2.